The third-order valence-electron chi connectivity index (χ3n) is 4.90. The zero-order valence-electron chi connectivity index (χ0n) is 15.2. The van der Waals surface area contributed by atoms with Gasteiger partial charge in [-0.1, -0.05) is 24.3 Å². The number of likely N-dealkylation sites (N-methyl/N-ethyl adjacent to an activating group) is 1. The van der Waals surface area contributed by atoms with E-state index < -0.39 is 0 Å². The van der Waals surface area contributed by atoms with E-state index in [2.05, 4.69) is 42.5 Å². The molecule has 7 nitrogen and oxygen atoms in total. The predicted molar refractivity (Wildman–Crippen MR) is 102 cm³/mol. The average molecular weight is 362 g/mol. The first-order chi connectivity index (χ1) is 13.2. The monoisotopic (exact) mass is 362 g/mol. The number of rotatable bonds is 5. The molecule has 0 aliphatic carbocycles. The van der Waals surface area contributed by atoms with Crippen molar-refractivity contribution < 1.29 is 4.79 Å². The molecule has 7 heteroatoms. The van der Waals surface area contributed by atoms with Gasteiger partial charge in [-0.3, -0.25) is 19.8 Å². The molecule has 1 amide bonds. The minimum atomic E-state index is -0.138. The van der Waals surface area contributed by atoms with Gasteiger partial charge in [-0.25, -0.2) is 4.98 Å². The maximum absolute atomic E-state index is 12.6. The summed E-state index contributed by atoms with van der Waals surface area (Å²) in [5, 5.41) is 10.2. The van der Waals surface area contributed by atoms with Crippen molar-refractivity contribution in [3.63, 3.8) is 0 Å². The summed E-state index contributed by atoms with van der Waals surface area (Å²) in [4.78, 5) is 23.3. The van der Waals surface area contributed by atoms with E-state index in [1.54, 1.807) is 12.4 Å². The molecule has 0 unspecified atom stereocenters. The van der Waals surface area contributed by atoms with E-state index in [0.29, 0.717) is 18.8 Å². The summed E-state index contributed by atoms with van der Waals surface area (Å²) in [7, 11) is 2.00. The van der Waals surface area contributed by atoms with Crippen LogP contribution in [0.15, 0.2) is 48.8 Å². The van der Waals surface area contributed by atoms with Crippen LogP contribution in [0.25, 0.3) is 11.4 Å². The zero-order valence-corrected chi connectivity index (χ0v) is 15.2. The van der Waals surface area contributed by atoms with Crippen LogP contribution in [0.3, 0.4) is 0 Å². The highest BCUT2D eigenvalue weighted by atomic mass is 16.2. The molecule has 2 aromatic heterocycles. The number of aromatic amines is 1. The van der Waals surface area contributed by atoms with E-state index in [1.807, 2.05) is 31.3 Å². The lowest BCUT2D eigenvalue weighted by Gasteiger charge is -2.33. The van der Waals surface area contributed by atoms with Crippen LogP contribution in [0, 0.1) is 0 Å². The van der Waals surface area contributed by atoms with Crippen molar-refractivity contribution in [3.05, 3.63) is 65.7 Å². The first-order valence-electron chi connectivity index (χ1n) is 9.07. The smallest absolute Gasteiger partial charge is 0.237 e. The van der Waals surface area contributed by atoms with Crippen molar-refractivity contribution in [1.82, 2.24) is 30.4 Å². The standard InChI is InChI=1S/C20H22N6O/c1-26-13-16-6-3-2-5-14(16)11-17(26)20(27)22-10-8-18-23-19(25-24-18)15-7-4-9-21-12-15/h2-7,9,12,17H,8,10-11,13H2,1H3,(H,22,27)(H,23,24,25)/t17-/m0/s1. The second-order valence-corrected chi connectivity index (χ2v) is 6.79. The fourth-order valence-corrected chi connectivity index (χ4v) is 3.40. The number of benzene rings is 1. The quantitative estimate of drug-likeness (QED) is 0.720. The second-order valence-electron chi connectivity index (χ2n) is 6.79. The largest absolute Gasteiger partial charge is 0.354 e. The molecular weight excluding hydrogens is 340 g/mol. The number of amides is 1. The van der Waals surface area contributed by atoms with Gasteiger partial charge in [0.25, 0.3) is 0 Å². The van der Waals surface area contributed by atoms with Crippen LogP contribution in [-0.2, 0) is 24.2 Å². The topological polar surface area (TPSA) is 86.8 Å². The fourth-order valence-electron chi connectivity index (χ4n) is 3.40. The molecule has 27 heavy (non-hydrogen) atoms. The minimum Gasteiger partial charge on any atom is -0.354 e. The first-order valence-corrected chi connectivity index (χ1v) is 9.07. The Balaban J connectivity index is 1.32. The average Bonchev–Trinajstić information content (AvgIpc) is 3.17. The molecule has 0 saturated heterocycles. The molecule has 1 aliphatic rings. The SMILES string of the molecule is CN1Cc2ccccc2C[C@H]1C(=O)NCCc1nc(-c2cccnc2)n[nH]1. The number of nitrogens with zero attached hydrogens (tertiary/aromatic N) is 4. The van der Waals surface area contributed by atoms with Crippen molar-refractivity contribution in [2.24, 2.45) is 0 Å². The van der Waals surface area contributed by atoms with Gasteiger partial charge in [-0.2, -0.15) is 5.10 Å². The fraction of sp³-hybridized carbons (Fsp3) is 0.300. The second kappa shape index (κ2) is 7.67. The Hall–Kier alpha value is -3.06. The number of aromatic nitrogens is 4. The van der Waals surface area contributed by atoms with Gasteiger partial charge in [-0.15, -0.1) is 0 Å². The minimum absolute atomic E-state index is 0.0546. The molecule has 0 radical (unpaired) electrons. The Labute approximate surface area is 157 Å². The maximum Gasteiger partial charge on any atom is 0.237 e. The summed E-state index contributed by atoms with van der Waals surface area (Å²) in [5.41, 5.74) is 3.42. The lowest BCUT2D eigenvalue weighted by atomic mass is 9.94. The lowest BCUT2D eigenvalue weighted by Crippen LogP contribution is -2.48. The summed E-state index contributed by atoms with van der Waals surface area (Å²) < 4.78 is 0. The molecule has 0 bridgehead atoms. The van der Waals surface area contributed by atoms with Crippen LogP contribution >= 0.6 is 0 Å². The van der Waals surface area contributed by atoms with E-state index in [1.165, 1.54) is 11.1 Å². The summed E-state index contributed by atoms with van der Waals surface area (Å²) in [6, 6.07) is 11.9. The van der Waals surface area contributed by atoms with Crippen molar-refractivity contribution >= 4 is 5.91 Å². The molecule has 2 N–H and O–H groups in total. The van der Waals surface area contributed by atoms with Gasteiger partial charge in [0, 0.05) is 37.5 Å². The van der Waals surface area contributed by atoms with Gasteiger partial charge in [0.15, 0.2) is 5.82 Å². The number of nitrogens with one attached hydrogen (secondary N) is 2. The molecule has 3 heterocycles. The highest BCUT2D eigenvalue weighted by molar-refractivity contribution is 5.82. The zero-order chi connectivity index (χ0) is 18.6. The Bertz CT molecular complexity index is 923. The highest BCUT2D eigenvalue weighted by Crippen LogP contribution is 2.21. The van der Waals surface area contributed by atoms with Crippen LogP contribution in [-0.4, -0.2) is 50.6 Å². The number of carbonyl (C=O) groups is 1. The predicted octanol–water partition coefficient (Wildman–Crippen LogP) is 1.58. The molecule has 0 spiro atoms. The molecular formula is C20H22N6O. The van der Waals surface area contributed by atoms with Crippen LogP contribution in [0.5, 0.6) is 0 Å². The van der Waals surface area contributed by atoms with Crippen LogP contribution < -0.4 is 5.32 Å². The van der Waals surface area contributed by atoms with Crippen molar-refractivity contribution in [2.75, 3.05) is 13.6 Å². The Morgan fingerprint density at radius 2 is 2.11 bits per heavy atom. The van der Waals surface area contributed by atoms with Gasteiger partial charge < -0.3 is 5.32 Å². The van der Waals surface area contributed by atoms with Gasteiger partial charge in [0.1, 0.15) is 5.82 Å². The van der Waals surface area contributed by atoms with Crippen LogP contribution in [0.4, 0.5) is 0 Å². The summed E-state index contributed by atoms with van der Waals surface area (Å²) in [5.74, 6) is 1.42. The maximum atomic E-state index is 12.6. The van der Waals surface area contributed by atoms with Gasteiger partial charge in [0.2, 0.25) is 5.91 Å². The Morgan fingerprint density at radius 3 is 2.93 bits per heavy atom. The number of fused-ring (bicyclic) bond motifs is 1. The summed E-state index contributed by atoms with van der Waals surface area (Å²) in [6.07, 6.45) is 4.79. The molecule has 1 aromatic carbocycles. The Morgan fingerprint density at radius 1 is 1.26 bits per heavy atom. The molecule has 1 aliphatic heterocycles. The third-order valence-corrected chi connectivity index (χ3v) is 4.90. The van der Waals surface area contributed by atoms with Crippen LogP contribution in [0.2, 0.25) is 0 Å². The van der Waals surface area contributed by atoms with Gasteiger partial charge in [0.05, 0.1) is 6.04 Å². The van der Waals surface area contributed by atoms with E-state index >= 15 is 0 Å². The van der Waals surface area contributed by atoms with E-state index in [0.717, 1.165) is 24.4 Å². The molecule has 0 fully saturated rings. The van der Waals surface area contributed by atoms with Crippen LogP contribution in [0.1, 0.15) is 17.0 Å². The molecule has 138 valence electrons. The van der Waals surface area contributed by atoms with Crippen molar-refractivity contribution in [1.29, 1.82) is 0 Å². The number of hydrogen-bond acceptors (Lipinski definition) is 5. The van der Waals surface area contributed by atoms with Crippen molar-refractivity contribution in [3.8, 4) is 11.4 Å². The van der Waals surface area contributed by atoms with E-state index in [4.69, 9.17) is 0 Å². The normalized spacial score (nSPS) is 16.7. The van der Waals surface area contributed by atoms with Gasteiger partial charge in [-0.05, 0) is 36.7 Å². The van der Waals surface area contributed by atoms with E-state index in [-0.39, 0.29) is 11.9 Å². The molecule has 0 saturated carbocycles. The number of hydrogen-bond donors (Lipinski definition) is 2. The molecule has 1 atom stereocenters. The van der Waals surface area contributed by atoms with Crippen molar-refractivity contribution in [2.45, 2.75) is 25.4 Å². The van der Waals surface area contributed by atoms with Gasteiger partial charge >= 0.3 is 0 Å². The molecule has 3 aromatic rings. The number of carbonyl (C=O) groups excluding carboxylic acids is 1. The highest BCUT2D eigenvalue weighted by Gasteiger charge is 2.28. The number of pyridine rings is 1. The Kier molecular flexibility index (Phi) is 4.93. The third kappa shape index (κ3) is 3.88. The summed E-state index contributed by atoms with van der Waals surface area (Å²) in [6.45, 7) is 1.32. The first kappa shape index (κ1) is 17.4. The van der Waals surface area contributed by atoms with E-state index in [9.17, 15) is 4.79 Å². The number of H-pyrrole nitrogens is 1. The molecule has 4 rings (SSSR count). The lowest BCUT2D eigenvalue weighted by molar-refractivity contribution is -0.126. The summed E-state index contributed by atoms with van der Waals surface area (Å²) >= 11 is 0.